The van der Waals surface area contributed by atoms with Gasteiger partial charge >= 0.3 is 0 Å². The van der Waals surface area contributed by atoms with Crippen molar-refractivity contribution in [2.24, 2.45) is 0 Å². The van der Waals surface area contributed by atoms with Gasteiger partial charge in [-0.2, -0.15) is 0 Å². The Labute approximate surface area is 180 Å². The number of amides is 1. The Morgan fingerprint density at radius 2 is 1.93 bits per heavy atom. The van der Waals surface area contributed by atoms with Crippen LogP contribution in [-0.4, -0.2) is 49.4 Å². The van der Waals surface area contributed by atoms with Crippen molar-refractivity contribution in [2.45, 2.75) is 38.8 Å². The van der Waals surface area contributed by atoms with E-state index in [4.69, 9.17) is 11.6 Å². The minimum Gasteiger partial charge on any atom is -0.365 e. The second-order valence-corrected chi connectivity index (χ2v) is 7.85. The average molecular weight is 423 g/mol. The molecule has 1 aliphatic heterocycles. The number of aromatic nitrogens is 4. The van der Waals surface area contributed by atoms with Gasteiger partial charge in [-0.1, -0.05) is 11.6 Å². The van der Waals surface area contributed by atoms with Crippen LogP contribution in [0.5, 0.6) is 0 Å². The van der Waals surface area contributed by atoms with Crippen molar-refractivity contribution in [3.8, 4) is 11.4 Å². The summed E-state index contributed by atoms with van der Waals surface area (Å²) in [6, 6.07) is 7.33. The van der Waals surface area contributed by atoms with Crippen molar-refractivity contribution in [1.82, 2.24) is 24.8 Å². The van der Waals surface area contributed by atoms with Crippen LogP contribution in [0.2, 0.25) is 5.02 Å². The lowest BCUT2D eigenvalue weighted by molar-refractivity contribution is 0.0611. The van der Waals surface area contributed by atoms with Crippen LogP contribution >= 0.6 is 11.6 Å². The SMILES string of the molecule is Cc1ccnc(C(=O)N2CCCC(Nc3ccc(Cl)cn3)C2C)c1-c1ncccn1. The number of carbonyl (C=O) groups excluding carboxylic acids is 1. The summed E-state index contributed by atoms with van der Waals surface area (Å²) >= 11 is 5.93. The summed E-state index contributed by atoms with van der Waals surface area (Å²) in [6.45, 7) is 4.68. The van der Waals surface area contributed by atoms with Crippen molar-refractivity contribution in [3.05, 3.63) is 65.3 Å². The molecule has 4 heterocycles. The van der Waals surface area contributed by atoms with E-state index in [1.807, 2.05) is 24.0 Å². The highest BCUT2D eigenvalue weighted by molar-refractivity contribution is 6.30. The third-order valence-electron chi connectivity index (χ3n) is 5.46. The first kappa shape index (κ1) is 20.2. The third kappa shape index (κ3) is 4.11. The van der Waals surface area contributed by atoms with E-state index in [1.165, 1.54) is 0 Å². The van der Waals surface area contributed by atoms with Crippen LogP contribution in [0.4, 0.5) is 5.82 Å². The summed E-state index contributed by atoms with van der Waals surface area (Å²) in [7, 11) is 0. The van der Waals surface area contributed by atoms with Crippen molar-refractivity contribution >= 4 is 23.3 Å². The van der Waals surface area contributed by atoms with Crippen LogP contribution in [0.1, 0.15) is 35.8 Å². The van der Waals surface area contributed by atoms with Gasteiger partial charge in [0.2, 0.25) is 0 Å². The minimum absolute atomic E-state index is 0.0319. The van der Waals surface area contributed by atoms with Crippen LogP contribution in [-0.2, 0) is 0 Å². The molecule has 0 saturated carbocycles. The Morgan fingerprint density at radius 3 is 2.67 bits per heavy atom. The number of piperidine rings is 1. The first-order valence-electron chi connectivity index (χ1n) is 9.96. The van der Waals surface area contributed by atoms with Crippen LogP contribution in [0.3, 0.4) is 0 Å². The van der Waals surface area contributed by atoms with E-state index in [2.05, 4.69) is 32.2 Å². The molecule has 154 valence electrons. The molecule has 1 aliphatic rings. The maximum Gasteiger partial charge on any atom is 0.273 e. The summed E-state index contributed by atoms with van der Waals surface area (Å²) in [5.41, 5.74) is 1.99. The number of hydrogen-bond acceptors (Lipinski definition) is 6. The van der Waals surface area contributed by atoms with Crippen molar-refractivity contribution < 1.29 is 4.79 Å². The highest BCUT2D eigenvalue weighted by Gasteiger charge is 2.34. The number of likely N-dealkylation sites (tertiary alicyclic amines) is 1. The summed E-state index contributed by atoms with van der Waals surface area (Å²) in [5, 5.41) is 4.04. The number of hydrogen-bond donors (Lipinski definition) is 1. The Bertz CT molecular complexity index is 1030. The molecule has 2 atom stereocenters. The minimum atomic E-state index is -0.107. The van der Waals surface area contributed by atoms with Gasteiger partial charge in [-0.25, -0.2) is 15.0 Å². The smallest absolute Gasteiger partial charge is 0.273 e. The van der Waals surface area contributed by atoms with Gasteiger partial charge < -0.3 is 10.2 Å². The second kappa shape index (κ2) is 8.75. The molecule has 7 nitrogen and oxygen atoms in total. The molecule has 8 heteroatoms. The number of aryl methyl sites for hydroxylation is 1. The van der Waals surface area contributed by atoms with E-state index in [0.717, 1.165) is 24.2 Å². The summed E-state index contributed by atoms with van der Waals surface area (Å²) in [5.74, 6) is 1.15. The average Bonchev–Trinajstić information content (AvgIpc) is 2.76. The lowest BCUT2D eigenvalue weighted by atomic mass is 9.96. The van der Waals surface area contributed by atoms with E-state index < -0.39 is 0 Å². The number of rotatable bonds is 4. The Hall–Kier alpha value is -3.06. The quantitative estimate of drug-likeness (QED) is 0.684. The van der Waals surface area contributed by atoms with Gasteiger partial charge in [-0.05, 0) is 56.5 Å². The molecule has 0 aliphatic carbocycles. The van der Waals surface area contributed by atoms with Crippen LogP contribution < -0.4 is 5.32 Å². The summed E-state index contributed by atoms with van der Waals surface area (Å²) in [4.78, 5) is 32.9. The van der Waals surface area contributed by atoms with Gasteiger partial charge in [0.25, 0.3) is 5.91 Å². The lowest BCUT2D eigenvalue weighted by Gasteiger charge is -2.40. The van der Waals surface area contributed by atoms with Gasteiger partial charge in [-0.3, -0.25) is 9.78 Å². The fraction of sp³-hybridized carbons (Fsp3) is 0.318. The molecule has 1 amide bonds. The monoisotopic (exact) mass is 422 g/mol. The highest BCUT2D eigenvalue weighted by atomic mass is 35.5. The van der Waals surface area contributed by atoms with E-state index in [1.54, 1.807) is 36.9 Å². The molecule has 1 fully saturated rings. The molecular weight excluding hydrogens is 400 g/mol. The molecule has 4 rings (SSSR count). The maximum absolute atomic E-state index is 13.5. The van der Waals surface area contributed by atoms with Crippen LogP contribution in [0, 0.1) is 6.92 Å². The fourth-order valence-corrected chi connectivity index (χ4v) is 3.95. The van der Waals surface area contributed by atoms with E-state index in [9.17, 15) is 4.79 Å². The molecule has 3 aromatic heterocycles. The molecule has 0 aromatic carbocycles. The predicted octanol–water partition coefficient (Wildman–Crippen LogP) is 4.00. The Balaban J connectivity index is 1.60. The number of nitrogens with one attached hydrogen (secondary N) is 1. The van der Waals surface area contributed by atoms with Gasteiger partial charge in [0.05, 0.1) is 10.6 Å². The molecule has 0 spiro atoms. The third-order valence-corrected chi connectivity index (χ3v) is 5.68. The first-order chi connectivity index (χ1) is 14.5. The van der Waals surface area contributed by atoms with E-state index in [-0.39, 0.29) is 18.0 Å². The van der Waals surface area contributed by atoms with Crippen molar-refractivity contribution in [2.75, 3.05) is 11.9 Å². The van der Waals surface area contributed by atoms with Gasteiger partial charge in [0.1, 0.15) is 11.5 Å². The molecule has 0 bridgehead atoms. The van der Waals surface area contributed by atoms with Crippen molar-refractivity contribution in [3.63, 3.8) is 0 Å². The normalized spacial score (nSPS) is 18.8. The Morgan fingerprint density at radius 1 is 1.13 bits per heavy atom. The standard InChI is InChI=1S/C22H23ClN6O/c1-14-8-11-24-20(19(14)21-25-9-4-10-26-21)22(30)29-12-3-5-17(15(29)2)28-18-7-6-16(23)13-27-18/h4,6-11,13,15,17H,3,5,12H2,1-2H3,(H,27,28). The Kier molecular flexibility index (Phi) is 5.90. The second-order valence-electron chi connectivity index (χ2n) is 7.42. The van der Waals surface area contributed by atoms with Gasteiger partial charge in [0.15, 0.2) is 5.82 Å². The largest absolute Gasteiger partial charge is 0.365 e. The number of nitrogens with zero attached hydrogens (tertiary/aromatic N) is 5. The topological polar surface area (TPSA) is 83.9 Å². The zero-order valence-electron chi connectivity index (χ0n) is 16.9. The maximum atomic E-state index is 13.5. The summed E-state index contributed by atoms with van der Waals surface area (Å²) < 4.78 is 0. The molecule has 30 heavy (non-hydrogen) atoms. The molecule has 1 N–H and O–H groups in total. The zero-order valence-corrected chi connectivity index (χ0v) is 17.7. The number of carbonyl (C=O) groups is 1. The zero-order chi connectivity index (χ0) is 21.1. The lowest BCUT2D eigenvalue weighted by Crippen LogP contribution is -2.52. The molecule has 1 saturated heterocycles. The van der Waals surface area contributed by atoms with Crippen LogP contribution in [0.15, 0.2) is 49.1 Å². The predicted molar refractivity (Wildman–Crippen MR) is 116 cm³/mol. The number of halogens is 1. The molecule has 0 radical (unpaired) electrons. The number of anilines is 1. The fourth-order valence-electron chi connectivity index (χ4n) is 3.84. The van der Waals surface area contributed by atoms with E-state index >= 15 is 0 Å². The molecule has 3 aromatic rings. The van der Waals surface area contributed by atoms with E-state index in [0.29, 0.717) is 28.6 Å². The van der Waals surface area contributed by atoms with Gasteiger partial charge in [-0.15, -0.1) is 0 Å². The summed E-state index contributed by atoms with van der Waals surface area (Å²) in [6.07, 6.45) is 8.47. The van der Waals surface area contributed by atoms with Crippen LogP contribution in [0.25, 0.3) is 11.4 Å². The van der Waals surface area contributed by atoms with Crippen molar-refractivity contribution in [1.29, 1.82) is 0 Å². The first-order valence-corrected chi connectivity index (χ1v) is 10.3. The van der Waals surface area contributed by atoms with Gasteiger partial charge in [0, 0.05) is 43.4 Å². The molecule has 2 unspecified atom stereocenters. The molecular formula is C22H23ClN6O. The highest BCUT2D eigenvalue weighted by Crippen LogP contribution is 2.27. The number of pyridine rings is 2.